The minimum atomic E-state index is -0.628. The van der Waals surface area contributed by atoms with Crippen LogP contribution in [0.5, 0.6) is 0 Å². The fraction of sp³-hybridized carbons (Fsp3) is 0.667. The van der Waals surface area contributed by atoms with Crippen LogP contribution in [-0.4, -0.2) is 41.6 Å². The molecule has 0 N–H and O–H groups in total. The second-order valence-corrected chi connectivity index (χ2v) is 8.30. The third-order valence-corrected chi connectivity index (χ3v) is 4.35. The van der Waals surface area contributed by atoms with Crippen molar-refractivity contribution in [3.05, 3.63) is 35.9 Å². The van der Waals surface area contributed by atoms with Crippen LogP contribution in [0, 0.1) is 0 Å². The summed E-state index contributed by atoms with van der Waals surface area (Å²) in [5.41, 5.74) is 0.0529. The molecule has 0 unspecified atom stereocenters. The van der Waals surface area contributed by atoms with Crippen molar-refractivity contribution < 1.29 is 19.0 Å². The van der Waals surface area contributed by atoms with E-state index in [2.05, 4.69) is 12.1 Å². The van der Waals surface area contributed by atoms with Gasteiger partial charge < -0.3 is 14.2 Å². The summed E-state index contributed by atoms with van der Waals surface area (Å²) in [4.78, 5) is 14.3. The number of amides is 1. The van der Waals surface area contributed by atoms with Crippen molar-refractivity contribution in [2.75, 3.05) is 13.2 Å². The van der Waals surface area contributed by atoms with Crippen LogP contribution in [0.25, 0.3) is 0 Å². The average molecular weight is 363 g/mol. The molecule has 5 heteroatoms. The van der Waals surface area contributed by atoms with Crippen LogP contribution in [0.1, 0.15) is 59.4 Å². The molecule has 1 aliphatic rings. The van der Waals surface area contributed by atoms with E-state index in [0.717, 1.165) is 25.9 Å². The van der Waals surface area contributed by atoms with E-state index in [1.165, 1.54) is 5.56 Å². The van der Waals surface area contributed by atoms with E-state index in [4.69, 9.17) is 14.2 Å². The highest BCUT2D eigenvalue weighted by molar-refractivity contribution is 5.69. The van der Waals surface area contributed by atoms with Crippen LogP contribution in [0.15, 0.2) is 30.3 Å². The molecule has 1 saturated heterocycles. The Balaban J connectivity index is 1.74. The molecule has 0 aliphatic carbocycles. The highest BCUT2D eigenvalue weighted by atomic mass is 16.6. The molecule has 1 atom stereocenters. The van der Waals surface area contributed by atoms with Gasteiger partial charge in [-0.2, -0.15) is 0 Å². The van der Waals surface area contributed by atoms with E-state index < -0.39 is 11.3 Å². The van der Waals surface area contributed by atoms with Crippen LogP contribution in [0.3, 0.4) is 0 Å². The Hall–Kier alpha value is -1.59. The number of ether oxygens (including phenoxy) is 3. The van der Waals surface area contributed by atoms with Crippen LogP contribution < -0.4 is 0 Å². The monoisotopic (exact) mass is 363 g/mol. The maximum absolute atomic E-state index is 12.6. The van der Waals surface area contributed by atoms with Gasteiger partial charge in [0.2, 0.25) is 0 Å². The molecule has 1 amide bonds. The van der Waals surface area contributed by atoms with Gasteiger partial charge in [-0.05, 0) is 59.4 Å². The normalized spacial score (nSPS) is 19.6. The molecule has 0 radical (unpaired) electrons. The molecule has 0 aromatic heterocycles. The highest BCUT2D eigenvalue weighted by Crippen LogP contribution is 2.31. The number of nitrogens with zero attached hydrogens (tertiary/aromatic N) is 1. The average Bonchev–Trinajstić information content (AvgIpc) is 2.85. The van der Waals surface area contributed by atoms with Crippen LogP contribution >= 0.6 is 0 Å². The second-order valence-electron chi connectivity index (χ2n) is 8.30. The Kier molecular flexibility index (Phi) is 7.07. The van der Waals surface area contributed by atoms with E-state index >= 15 is 0 Å². The lowest BCUT2D eigenvalue weighted by molar-refractivity contribution is -0.0627. The van der Waals surface area contributed by atoms with Gasteiger partial charge in [-0.25, -0.2) is 4.79 Å². The number of hydrogen-bond acceptors (Lipinski definition) is 4. The van der Waals surface area contributed by atoms with E-state index in [1.807, 2.05) is 52.8 Å². The molecule has 146 valence electrons. The summed E-state index contributed by atoms with van der Waals surface area (Å²) in [5.74, 6) is 0. The van der Waals surface area contributed by atoms with E-state index in [0.29, 0.717) is 13.2 Å². The predicted octanol–water partition coefficient (Wildman–Crippen LogP) is 4.75. The quantitative estimate of drug-likeness (QED) is 0.656. The van der Waals surface area contributed by atoms with Crippen molar-refractivity contribution in [2.45, 2.75) is 77.9 Å². The Morgan fingerprint density at radius 3 is 2.58 bits per heavy atom. The summed E-state index contributed by atoms with van der Waals surface area (Å²) in [6, 6.07) is 10.2. The molecular weight excluding hydrogens is 330 g/mol. The molecule has 1 aromatic rings. The summed E-state index contributed by atoms with van der Waals surface area (Å²) < 4.78 is 17.1. The number of unbranched alkanes of at least 4 members (excludes halogenated alkanes) is 1. The van der Waals surface area contributed by atoms with Crippen molar-refractivity contribution >= 4 is 6.09 Å². The van der Waals surface area contributed by atoms with Gasteiger partial charge in [0.25, 0.3) is 0 Å². The minimum absolute atomic E-state index is 0.0500. The molecule has 1 fully saturated rings. The first-order valence-corrected chi connectivity index (χ1v) is 9.47. The number of rotatable bonds is 7. The zero-order chi connectivity index (χ0) is 19.2. The van der Waals surface area contributed by atoms with Crippen molar-refractivity contribution in [3.8, 4) is 0 Å². The summed E-state index contributed by atoms with van der Waals surface area (Å²) in [7, 11) is 0. The van der Waals surface area contributed by atoms with Crippen molar-refractivity contribution in [2.24, 2.45) is 0 Å². The molecule has 1 aliphatic heterocycles. The van der Waals surface area contributed by atoms with Gasteiger partial charge in [0.15, 0.2) is 0 Å². The van der Waals surface area contributed by atoms with Gasteiger partial charge in [-0.3, -0.25) is 4.90 Å². The second kappa shape index (κ2) is 8.87. The molecule has 1 heterocycles. The summed E-state index contributed by atoms with van der Waals surface area (Å²) in [6.45, 7) is 11.4. The number of benzene rings is 1. The van der Waals surface area contributed by atoms with Gasteiger partial charge in [0.05, 0.1) is 19.3 Å². The lowest BCUT2D eigenvalue weighted by atomic mass is 10.1. The molecule has 0 spiro atoms. The van der Waals surface area contributed by atoms with Crippen molar-refractivity contribution in [3.63, 3.8) is 0 Å². The molecule has 0 saturated carbocycles. The Morgan fingerprint density at radius 2 is 1.92 bits per heavy atom. The fourth-order valence-electron chi connectivity index (χ4n) is 3.12. The molecular formula is C21H33NO4. The first kappa shape index (κ1) is 20.7. The van der Waals surface area contributed by atoms with E-state index in [-0.39, 0.29) is 12.1 Å². The predicted molar refractivity (Wildman–Crippen MR) is 102 cm³/mol. The van der Waals surface area contributed by atoms with Crippen LogP contribution in [-0.2, 0) is 20.8 Å². The minimum Gasteiger partial charge on any atom is -0.444 e. The first-order valence-electron chi connectivity index (χ1n) is 9.47. The third-order valence-electron chi connectivity index (χ3n) is 4.35. The Bertz CT molecular complexity index is 565. The summed E-state index contributed by atoms with van der Waals surface area (Å²) in [5, 5.41) is 0. The lowest BCUT2D eigenvalue weighted by Gasteiger charge is -2.35. The molecule has 1 aromatic carbocycles. The third kappa shape index (κ3) is 6.29. The van der Waals surface area contributed by atoms with E-state index in [9.17, 15) is 4.79 Å². The number of carbonyl (C=O) groups excluding carboxylic acids is 1. The highest BCUT2D eigenvalue weighted by Gasteiger charge is 2.45. The maximum atomic E-state index is 12.6. The summed E-state index contributed by atoms with van der Waals surface area (Å²) in [6.07, 6.45) is 2.53. The van der Waals surface area contributed by atoms with Crippen LogP contribution in [0.2, 0.25) is 0 Å². The standard InChI is InChI=1S/C21H33NO4/c1-20(2,3)26-19(23)22-18(16-25-21(22,4)5)13-9-10-14-24-15-17-11-7-6-8-12-17/h6-8,11-12,18H,9-10,13-16H2,1-5H3/t18-/m1/s1. The number of carbonyl (C=O) groups is 1. The van der Waals surface area contributed by atoms with Crippen LogP contribution in [0.4, 0.5) is 4.79 Å². The summed E-state index contributed by atoms with van der Waals surface area (Å²) >= 11 is 0. The maximum Gasteiger partial charge on any atom is 0.412 e. The van der Waals surface area contributed by atoms with Gasteiger partial charge in [-0.1, -0.05) is 30.3 Å². The van der Waals surface area contributed by atoms with Gasteiger partial charge in [0, 0.05) is 6.61 Å². The van der Waals surface area contributed by atoms with Crippen molar-refractivity contribution in [1.82, 2.24) is 4.90 Å². The topological polar surface area (TPSA) is 48.0 Å². The Labute approximate surface area is 157 Å². The number of hydrogen-bond donors (Lipinski definition) is 0. The fourth-order valence-corrected chi connectivity index (χ4v) is 3.12. The SMILES string of the molecule is CC(C)(C)OC(=O)N1[C@H](CCCCOCc2ccccc2)COC1(C)C. The van der Waals surface area contributed by atoms with Crippen molar-refractivity contribution in [1.29, 1.82) is 0 Å². The zero-order valence-electron chi connectivity index (χ0n) is 16.8. The largest absolute Gasteiger partial charge is 0.444 e. The molecule has 0 bridgehead atoms. The molecule has 2 rings (SSSR count). The van der Waals surface area contributed by atoms with Gasteiger partial charge in [0.1, 0.15) is 11.3 Å². The van der Waals surface area contributed by atoms with Gasteiger partial charge >= 0.3 is 6.09 Å². The lowest BCUT2D eigenvalue weighted by Crippen LogP contribution is -2.49. The molecule has 5 nitrogen and oxygen atoms in total. The Morgan fingerprint density at radius 1 is 1.23 bits per heavy atom. The van der Waals surface area contributed by atoms with Gasteiger partial charge in [-0.15, -0.1) is 0 Å². The first-order chi connectivity index (χ1) is 12.2. The zero-order valence-corrected chi connectivity index (χ0v) is 16.8. The van der Waals surface area contributed by atoms with E-state index in [1.54, 1.807) is 4.90 Å². The smallest absolute Gasteiger partial charge is 0.412 e. The molecule has 26 heavy (non-hydrogen) atoms.